The number of thiazole rings is 1. The van der Waals surface area contributed by atoms with Crippen molar-refractivity contribution in [3.05, 3.63) is 21.7 Å². The summed E-state index contributed by atoms with van der Waals surface area (Å²) >= 11 is 3.31. The summed E-state index contributed by atoms with van der Waals surface area (Å²) in [7, 11) is 4.05. The lowest BCUT2D eigenvalue weighted by molar-refractivity contribution is 0.0696. The highest BCUT2D eigenvalue weighted by Crippen LogP contribution is 2.48. The summed E-state index contributed by atoms with van der Waals surface area (Å²) in [5.41, 5.74) is 2.68. The summed E-state index contributed by atoms with van der Waals surface area (Å²) in [4.78, 5) is 24.8. The Morgan fingerprint density at radius 2 is 1.97 bits per heavy atom. The fourth-order valence-corrected chi connectivity index (χ4v) is 6.71. The fourth-order valence-electron chi connectivity index (χ4n) is 4.12. The average molecular weight is 436 g/mol. The van der Waals surface area contributed by atoms with E-state index < -0.39 is 5.97 Å². The third kappa shape index (κ3) is 4.21. The topological polar surface area (TPSA) is 65.9 Å². The minimum atomic E-state index is -0.813. The van der Waals surface area contributed by atoms with E-state index in [2.05, 4.69) is 23.6 Å². The molecule has 3 heterocycles. The van der Waals surface area contributed by atoms with Crippen molar-refractivity contribution in [2.45, 2.75) is 39.7 Å². The van der Waals surface area contributed by atoms with Crippen LogP contribution in [-0.4, -0.2) is 61.4 Å². The van der Waals surface area contributed by atoms with E-state index in [1.54, 1.807) is 22.7 Å². The van der Waals surface area contributed by atoms with Crippen LogP contribution < -0.4 is 4.90 Å². The van der Waals surface area contributed by atoms with Gasteiger partial charge in [0.2, 0.25) is 0 Å². The van der Waals surface area contributed by atoms with Crippen LogP contribution in [0.15, 0.2) is 0 Å². The van der Waals surface area contributed by atoms with E-state index >= 15 is 0 Å². The number of carbonyl (C=O) groups is 1. The zero-order valence-electron chi connectivity index (χ0n) is 17.6. The van der Waals surface area contributed by atoms with Crippen molar-refractivity contribution in [2.75, 3.05) is 45.3 Å². The number of aromatic carboxylic acids is 1. The Hall–Kier alpha value is -1.48. The number of aromatic nitrogens is 1. The largest absolute Gasteiger partial charge is 0.478 e. The number of ether oxygens (including phenoxy) is 1. The maximum absolute atomic E-state index is 12.3. The molecule has 1 aliphatic heterocycles. The molecule has 0 radical (unpaired) electrons. The monoisotopic (exact) mass is 435 g/mol. The summed E-state index contributed by atoms with van der Waals surface area (Å²) in [6.45, 7) is 8.24. The lowest BCUT2D eigenvalue weighted by Gasteiger charge is -2.29. The molecule has 1 saturated heterocycles. The van der Waals surface area contributed by atoms with Gasteiger partial charge in [-0.05, 0) is 44.3 Å². The molecule has 2 aromatic rings. The van der Waals surface area contributed by atoms with E-state index in [1.807, 2.05) is 14.1 Å². The number of fused-ring (bicyclic) bond motifs is 1. The predicted molar refractivity (Wildman–Crippen MR) is 119 cm³/mol. The highest BCUT2D eigenvalue weighted by atomic mass is 32.1. The second-order valence-corrected chi connectivity index (χ2v) is 11.0. The van der Waals surface area contributed by atoms with Crippen LogP contribution in [-0.2, 0) is 24.1 Å². The Kier molecular flexibility index (Phi) is 5.72. The number of nitrogens with zero attached hydrogens (tertiary/aromatic N) is 3. The molecule has 2 aliphatic rings. The number of hydrogen-bond donors (Lipinski definition) is 1. The van der Waals surface area contributed by atoms with Gasteiger partial charge in [0, 0.05) is 24.5 Å². The molecule has 0 unspecified atom stereocenters. The van der Waals surface area contributed by atoms with Gasteiger partial charge in [-0.1, -0.05) is 25.2 Å². The zero-order chi connectivity index (χ0) is 20.8. The number of carboxylic acids is 1. The molecule has 0 atom stereocenters. The van der Waals surface area contributed by atoms with Crippen molar-refractivity contribution in [1.82, 2.24) is 9.88 Å². The van der Waals surface area contributed by atoms with Gasteiger partial charge in [-0.15, -0.1) is 11.3 Å². The van der Waals surface area contributed by atoms with Crippen molar-refractivity contribution < 1.29 is 14.6 Å². The molecular weight excluding hydrogens is 406 g/mol. The third-order valence-corrected chi connectivity index (χ3v) is 8.24. The Morgan fingerprint density at radius 3 is 2.62 bits per heavy atom. The molecule has 1 N–H and O–H groups in total. The molecule has 1 aliphatic carbocycles. The Balaban J connectivity index is 1.82. The first-order chi connectivity index (χ1) is 13.7. The van der Waals surface area contributed by atoms with E-state index in [0.29, 0.717) is 25.3 Å². The van der Waals surface area contributed by atoms with Crippen molar-refractivity contribution in [1.29, 1.82) is 0 Å². The molecule has 158 valence electrons. The number of aryl methyl sites for hydroxylation is 1. The fraction of sp³-hybridized carbons (Fsp3) is 0.619. The van der Waals surface area contributed by atoms with Crippen LogP contribution >= 0.6 is 22.7 Å². The van der Waals surface area contributed by atoms with Gasteiger partial charge in [0.25, 0.3) is 0 Å². The number of rotatable bonds is 5. The molecule has 4 rings (SSSR count). The maximum atomic E-state index is 12.3. The van der Waals surface area contributed by atoms with E-state index in [-0.39, 0.29) is 5.41 Å². The van der Waals surface area contributed by atoms with Crippen LogP contribution in [0.3, 0.4) is 0 Å². The van der Waals surface area contributed by atoms with Gasteiger partial charge >= 0.3 is 5.97 Å². The smallest absolute Gasteiger partial charge is 0.337 e. The molecule has 0 spiro atoms. The Bertz CT molecular complexity index is 911. The van der Waals surface area contributed by atoms with Crippen molar-refractivity contribution >= 4 is 33.8 Å². The molecule has 0 bridgehead atoms. The minimum Gasteiger partial charge on any atom is -0.478 e. The van der Waals surface area contributed by atoms with E-state index in [1.165, 1.54) is 4.88 Å². The number of thiophene rings is 1. The lowest BCUT2D eigenvalue weighted by Crippen LogP contribution is -2.36. The first-order valence-corrected chi connectivity index (χ1v) is 11.7. The number of morpholine rings is 1. The van der Waals surface area contributed by atoms with E-state index in [9.17, 15) is 9.90 Å². The molecule has 1 fully saturated rings. The molecular formula is C21H29N3O3S2. The van der Waals surface area contributed by atoms with Gasteiger partial charge in [-0.3, -0.25) is 0 Å². The molecule has 0 aromatic carbocycles. The second kappa shape index (κ2) is 7.98. The van der Waals surface area contributed by atoms with Gasteiger partial charge in [0.15, 0.2) is 5.13 Å². The van der Waals surface area contributed by atoms with Gasteiger partial charge in [-0.2, -0.15) is 0 Å². The molecule has 29 heavy (non-hydrogen) atoms. The van der Waals surface area contributed by atoms with Crippen LogP contribution in [0, 0.1) is 5.41 Å². The predicted octanol–water partition coefficient (Wildman–Crippen LogP) is 3.98. The van der Waals surface area contributed by atoms with Crippen LogP contribution in [0.5, 0.6) is 0 Å². The standard InChI is InChI=1S/C21H29N3O3S2/c1-21(2)6-5-15-13(11-21)16(19(25)26)18(28-15)17-14(12-23(3)4)22-20(29-17)24-7-9-27-10-8-24/h5-12H2,1-4H3,(H,25,26). The van der Waals surface area contributed by atoms with Crippen molar-refractivity contribution in [3.63, 3.8) is 0 Å². The van der Waals surface area contributed by atoms with E-state index in [4.69, 9.17) is 9.72 Å². The van der Waals surface area contributed by atoms with Gasteiger partial charge < -0.3 is 19.6 Å². The van der Waals surface area contributed by atoms with Crippen molar-refractivity contribution in [2.24, 2.45) is 5.41 Å². The molecule has 0 amide bonds. The Labute approximate surface area is 180 Å². The van der Waals surface area contributed by atoms with Gasteiger partial charge in [0.05, 0.1) is 34.2 Å². The highest BCUT2D eigenvalue weighted by molar-refractivity contribution is 7.24. The Morgan fingerprint density at radius 1 is 1.24 bits per heavy atom. The molecule has 8 heteroatoms. The first-order valence-electron chi connectivity index (χ1n) is 10.1. The molecule has 0 saturated carbocycles. The molecule has 2 aromatic heterocycles. The number of hydrogen-bond acceptors (Lipinski definition) is 7. The first kappa shape index (κ1) is 20.8. The quantitative estimate of drug-likeness (QED) is 0.766. The normalized spacial score (nSPS) is 18.9. The van der Waals surface area contributed by atoms with E-state index in [0.717, 1.165) is 58.5 Å². The summed E-state index contributed by atoms with van der Waals surface area (Å²) in [5, 5.41) is 11.1. The summed E-state index contributed by atoms with van der Waals surface area (Å²) in [6, 6.07) is 0. The van der Waals surface area contributed by atoms with Crippen LogP contribution in [0.2, 0.25) is 0 Å². The average Bonchev–Trinajstić information content (AvgIpc) is 3.22. The van der Waals surface area contributed by atoms with Crippen LogP contribution in [0.4, 0.5) is 5.13 Å². The van der Waals surface area contributed by atoms with Crippen LogP contribution in [0.25, 0.3) is 9.75 Å². The molecule has 6 nitrogen and oxygen atoms in total. The SMILES string of the molecule is CN(C)Cc1nc(N2CCOCC2)sc1-c1sc2c(c1C(=O)O)CC(C)(C)CC2. The van der Waals surface area contributed by atoms with Crippen molar-refractivity contribution in [3.8, 4) is 9.75 Å². The summed E-state index contributed by atoms with van der Waals surface area (Å²) in [6.07, 6.45) is 2.90. The third-order valence-electron chi connectivity index (χ3n) is 5.63. The van der Waals surface area contributed by atoms with Gasteiger partial charge in [0.1, 0.15) is 0 Å². The summed E-state index contributed by atoms with van der Waals surface area (Å²) < 4.78 is 5.48. The number of anilines is 1. The van der Waals surface area contributed by atoms with Crippen LogP contribution in [0.1, 0.15) is 46.8 Å². The number of carboxylic acid groups (broad SMARTS) is 1. The maximum Gasteiger partial charge on any atom is 0.337 e. The zero-order valence-corrected chi connectivity index (χ0v) is 19.2. The second-order valence-electron chi connectivity index (χ2n) is 8.96. The summed E-state index contributed by atoms with van der Waals surface area (Å²) in [5.74, 6) is -0.813. The highest BCUT2D eigenvalue weighted by Gasteiger charge is 2.34. The lowest BCUT2D eigenvalue weighted by atomic mass is 9.76. The minimum absolute atomic E-state index is 0.147. The van der Waals surface area contributed by atoms with Gasteiger partial charge in [-0.25, -0.2) is 9.78 Å².